The highest BCUT2D eigenvalue weighted by molar-refractivity contribution is 9.10. The number of nitrogens with zero attached hydrogens (tertiary/aromatic N) is 1. The Balaban J connectivity index is 3.44. The van der Waals surface area contributed by atoms with Crippen LogP contribution in [0.2, 0.25) is 0 Å². The lowest BCUT2D eigenvalue weighted by Crippen LogP contribution is -2.31. The van der Waals surface area contributed by atoms with E-state index in [4.69, 9.17) is 16.9 Å². The zero-order chi connectivity index (χ0) is 14.6. The molecule has 0 saturated heterocycles. The minimum atomic E-state index is -3.73. The van der Waals surface area contributed by atoms with E-state index in [1.54, 1.807) is 6.92 Å². The van der Waals surface area contributed by atoms with Gasteiger partial charge in [-0.15, -0.1) is 6.42 Å². The first kappa shape index (κ1) is 15.8. The molecule has 2 N–H and O–H groups in total. The van der Waals surface area contributed by atoms with E-state index < -0.39 is 10.0 Å². The highest BCUT2D eigenvalue weighted by Crippen LogP contribution is 2.33. The molecule has 0 spiro atoms. The Morgan fingerprint density at radius 1 is 1.53 bits per heavy atom. The molecular weight excluding hydrogens is 332 g/mol. The lowest BCUT2D eigenvalue weighted by Gasteiger charge is -2.20. The van der Waals surface area contributed by atoms with Gasteiger partial charge in [-0.1, -0.05) is 12.8 Å². The maximum absolute atomic E-state index is 12.5. The van der Waals surface area contributed by atoms with Gasteiger partial charge in [-0.05, 0) is 28.1 Å². The monoisotopic (exact) mass is 346 g/mol. The van der Waals surface area contributed by atoms with Crippen LogP contribution in [0.4, 0.5) is 5.69 Å². The summed E-state index contributed by atoms with van der Waals surface area (Å²) in [4.78, 5) is 0.00722. The molecule has 1 aromatic rings. The average molecular weight is 347 g/mol. The molecular formula is C12H15BrN2O3S. The molecule has 0 heterocycles. The molecule has 0 aliphatic heterocycles. The van der Waals surface area contributed by atoms with Gasteiger partial charge in [0.05, 0.1) is 13.7 Å². The summed E-state index contributed by atoms with van der Waals surface area (Å²) < 4.78 is 31.8. The molecule has 0 atom stereocenters. The number of benzene rings is 1. The maximum Gasteiger partial charge on any atom is 0.247 e. The molecule has 5 nitrogen and oxygen atoms in total. The highest BCUT2D eigenvalue weighted by Gasteiger charge is 2.27. The van der Waals surface area contributed by atoms with Gasteiger partial charge in [0.1, 0.15) is 10.6 Å². The second-order valence-electron chi connectivity index (χ2n) is 3.66. The third-order valence-corrected chi connectivity index (χ3v) is 5.15. The second kappa shape index (κ2) is 6.28. The third-order valence-electron chi connectivity index (χ3n) is 2.52. The summed E-state index contributed by atoms with van der Waals surface area (Å²) in [6.07, 6.45) is 5.18. The van der Waals surface area contributed by atoms with Crippen molar-refractivity contribution in [2.45, 2.75) is 11.8 Å². The summed E-state index contributed by atoms with van der Waals surface area (Å²) >= 11 is 3.23. The van der Waals surface area contributed by atoms with E-state index >= 15 is 0 Å². The van der Waals surface area contributed by atoms with Crippen LogP contribution in [0.15, 0.2) is 21.5 Å². The third kappa shape index (κ3) is 3.21. The molecule has 1 aromatic carbocycles. The molecule has 0 radical (unpaired) electrons. The van der Waals surface area contributed by atoms with Crippen LogP contribution in [0.5, 0.6) is 5.75 Å². The van der Waals surface area contributed by atoms with Gasteiger partial charge in [-0.2, -0.15) is 4.31 Å². The van der Waals surface area contributed by atoms with E-state index in [2.05, 4.69) is 21.9 Å². The van der Waals surface area contributed by atoms with Crippen molar-refractivity contribution < 1.29 is 13.2 Å². The number of ether oxygens (including phenoxy) is 1. The Bertz CT molecular complexity index is 608. The fourth-order valence-electron chi connectivity index (χ4n) is 1.52. The molecule has 0 unspecified atom stereocenters. The number of hydrogen-bond acceptors (Lipinski definition) is 4. The number of nitrogen functional groups attached to an aromatic ring is 1. The minimum Gasteiger partial charge on any atom is -0.495 e. The lowest BCUT2D eigenvalue weighted by molar-refractivity contribution is 0.397. The topological polar surface area (TPSA) is 72.6 Å². The number of rotatable bonds is 5. The van der Waals surface area contributed by atoms with Crippen LogP contribution < -0.4 is 10.5 Å². The van der Waals surface area contributed by atoms with E-state index in [0.29, 0.717) is 10.2 Å². The van der Waals surface area contributed by atoms with Gasteiger partial charge >= 0.3 is 0 Å². The van der Waals surface area contributed by atoms with Crippen molar-refractivity contribution in [2.24, 2.45) is 0 Å². The van der Waals surface area contributed by atoms with Gasteiger partial charge in [-0.3, -0.25) is 0 Å². The van der Waals surface area contributed by atoms with Gasteiger partial charge < -0.3 is 10.5 Å². The highest BCUT2D eigenvalue weighted by atomic mass is 79.9. The molecule has 0 fully saturated rings. The number of anilines is 1. The van der Waals surface area contributed by atoms with Crippen molar-refractivity contribution in [1.29, 1.82) is 0 Å². The van der Waals surface area contributed by atoms with Crippen LogP contribution in [0.1, 0.15) is 6.92 Å². The van der Waals surface area contributed by atoms with E-state index in [1.165, 1.54) is 23.5 Å². The predicted octanol–water partition coefficient (Wildman–Crippen LogP) is 1.68. The number of hydrogen-bond donors (Lipinski definition) is 1. The summed E-state index contributed by atoms with van der Waals surface area (Å²) in [5.41, 5.74) is 6.05. The molecule has 0 amide bonds. The molecule has 0 aliphatic carbocycles. The van der Waals surface area contributed by atoms with Crippen molar-refractivity contribution >= 4 is 31.6 Å². The lowest BCUT2D eigenvalue weighted by atomic mass is 10.3. The molecule has 1 rings (SSSR count). The Kier molecular flexibility index (Phi) is 5.23. The number of halogens is 1. The van der Waals surface area contributed by atoms with Gasteiger partial charge in [0.2, 0.25) is 10.0 Å². The van der Waals surface area contributed by atoms with Crippen LogP contribution in [-0.4, -0.2) is 32.9 Å². The largest absolute Gasteiger partial charge is 0.495 e. The van der Waals surface area contributed by atoms with Crippen molar-refractivity contribution in [1.82, 2.24) is 4.31 Å². The van der Waals surface area contributed by atoms with Crippen molar-refractivity contribution in [3.63, 3.8) is 0 Å². The summed E-state index contributed by atoms with van der Waals surface area (Å²) in [7, 11) is -2.33. The van der Waals surface area contributed by atoms with E-state index in [-0.39, 0.29) is 23.7 Å². The van der Waals surface area contributed by atoms with E-state index in [9.17, 15) is 8.42 Å². The van der Waals surface area contributed by atoms with E-state index in [1.807, 2.05) is 0 Å². The van der Waals surface area contributed by atoms with Crippen LogP contribution in [0.3, 0.4) is 0 Å². The summed E-state index contributed by atoms with van der Waals surface area (Å²) in [5.74, 6) is 2.54. The molecule has 0 bridgehead atoms. The number of methoxy groups -OCH3 is 1. The molecule has 19 heavy (non-hydrogen) atoms. The van der Waals surface area contributed by atoms with E-state index in [0.717, 1.165) is 0 Å². The van der Waals surface area contributed by atoms with Gasteiger partial charge in [0.15, 0.2) is 0 Å². The number of nitrogens with two attached hydrogens (primary N) is 1. The predicted molar refractivity (Wildman–Crippen MR) is 78.4 cm³/mol. The summed E-state index contributed by atoms with van der Waals surface area (Å²) in [6.45, 7) is 1.98. The van der Waals surface area contributed by atoms with Gasteiger partial charge in [0.25, 0.3) is 0 Å². The fraction of sp³-hybridized carbons (Fsp3) is 0.333. The Hall–Kier alpha value is -1.23. The van der Waals surface area contributed by atoms with Crippen molar-refractivity contribution in [3.8, 4) is 18.1 Å². The van der Waals surface area contributed by atoms with Crippen LogP contribution in [0, 0.1) is 12.3 Å². The first-order valence-corrected chi connectivity index (χ1v) is 7.68. The SMILES string of the molecule is C#CCN(CC)S(=O)(=O)c1cc(N)c(Br)cc1OC. The molecule has 0 aromatic heterocycles. The van der Waals surface area contributed by atoms with Crippen LogP contribution in [-0.2, 0) is 10.0 Å². The smallest absolute Gasteiger partial charge is 0.247 e. The van der Waals surface area contributed by atoms with Gasteiger partial charge in [0, 0.05) is 16.7 Å². The second-order valence-corrected chi connectivity index (χ2v) is 6.42. The van der Waals surface area contributed by atoms with Crippen LogP contribution >= 0.6 is 15.9 Å². The first-order valence-electron chi connectivity index (χ1n) is 5.45. The molecule has 0 saturated carbocycles. The summed E-state index contributed by atoms with van der Waals surface area (Å²) in [6, 6.07) is 2.88. The first-order chi connectivity index (χ1) is 8.88. The maximum atomic E-state index is 12.5. The Labute approximate surface area is 121 Å². The van der Waals surface area contributed by atoms with Crippen LogP contribution in [0.25, 0.3) is 0 Å². The van der Waals surface area contributed by atoms with Crippen molar-refractivity contribution in [2.75, 3.05) is 25.9 Å². The van der Waals surface area contributed by atoms with Crippen molar-refractivity contribution in [3.05, 3.63) is 16.6 Å². The normalized spacial score (nSPS) is 11.3. The van der Waals surface area contributed by atoms with Gasteiger partial charge in [-0.25, -0.2) is 8.42 Å². The summed E-state index contributed by atoms with van der Waals surface area (Å²) in [5, 5.41) is 0. The zero-order valence-electron chi connectivity index (χ0n) is 10.7. The molecule has 104 valence electrons. The standard InChI is InChI=1S/C12H15BrN2O3S/c1-4-6-15(5-2)19(16,17)12-8-10(14)9(13)7-11(12)18-3/h1,7-8H,5-6,14H2,2-3H3. The number of sulfonamides is 1. The number of terminal acetylenes is 1. The zero-order valence-corrected chi connectivity index (χ0v) is 13.1. The quantitative estimate of drug-likeness (QED) is 0.650. The average Bonchev–Trinajstić information content (AvgIpc) is 2.38. The molecule has 7 heteroatoms. The molecule has 0 aliphatic rings. The minimum absolute atomic E-state index is 0.00203. The fourth-order valence-corrected chi connectivity index (χ4v) is 3.38. The Morgan fingerprint density at radius 3 is 2.63 bits per heavy atom. The Morgan fingerprint density at radius 2 is 2.16 bits per heavy atom.